The number of benzene rings is 1. The second-order valence-electron chi connectivity index (χ2n) is 5.05. The third kappa shape index (κ3) is 3.04. The van der Waals surface area contributed by atoms with Gasteiger partial charge in [-0.1, -0.05) is 23.4 Å². The van der Waals surface area contributed by atoms with Gasteiger partial charge in [0, 0.05) is 15.7 Å². The number of hydrogen-bond acceptors (Lipinski definition) is 5. The molecule has 4 nitrogen and oxygen atoms in total. The lowest BCUT2D eigenvalue weighted by atomic mass is 10.2. The van der Waals surface area contributed by atoms with E-state index in [1.165, 1.54) is 23.1 Å². The maximum atomic E-state index is 13.1. The molecule has 0 unspecified atom stereocenters. The molecule has 3 aromatic rings. The normalized spacial score (nSPS) is 11.3. The van der Waals surface area contributed by atoms with Crippen LogP contribution < -0.4 is 5.56 Å². The van der Waals surface area contributed by atoms with E-state index in [1.54, 1.807) is 28.8 Å². The van der Waals surface area contributed by atoms with Gasteiger partial charge in [-0.25, -0.2) is 4.98 Å². The SMILES string of the molecule is Cc1sc2nc(SCCO)n(-c3ccc(Cl)cc3)c(=O)c2c1C. The summed E-state index contributed by atoms with van der Waals surface area (Å²) >= 11 is 8.84. The highest BCUT2D eigenvalue weighted by atomic mass is 35.5. The van der Waals surface area contributed by atoms with Crippen molar-refractivity contribution in [2.24, 2.45) is 0 Å². The van der Waals surface area contributed by atoms with E-state index >= 15 is 0 Å². The van der Waals surface area contributed by atoms with Crippen molar-refractivity contribution in [3.63, 3.8) is 0 Å². The lowest BCUT2D eigenvalue weighted by Gasteiger charge is -2.12. The number of aryl methyl sites for hydroxylation is 2. The smallest absolute Gasteiger partial charge is 0.267 e. The summed E-state index contributed by atoms with van der Waals surface area (Å²) in [6.07, 6.45) is 0. The molecule has 0 aliphatic rings. The van der Waals surface area contributed by atoms with Crippen molar-refractivity contribution in [3.8, 4) is 5.69 Å². The van der Waals surface area contributed by atoms with Crippen LogP contribution in [0.5, 0.6) is 0 Å². The van der Waals surface area contributed by atoms with Gasteiger partial charge in [0.2, 0.25) is 0 Å². The lowest BCUT2D eigenvalue weighted by molar-refractivity contribution is 0.322. The fourth-order valence-corrected chi connectivity index (χ4v) is 4.28. The van der Waals surface area contributed by atoms with Crippen molar-refractivity contribution in [2.75, 3.05) is 12.4 Å². The van der Waals surface area contributed by atoms with Crippen LogP contribution in [0.15, 0.2) is 34.2 Å². The van der Waals surface area contributed by atoms with Gasteiger partial charge < -0.3 is 5.11 Å². The van der Waals surface area contributed by atoms with E-state index in [9.17, 15) is 4.79 Å². The quantitative estimate of drug-likeness (QED) is 0.563. The van der Waals surface area contributed by atoms with Gasteiger partial charge in [0.05, 0.1) is 17.7 Å². The standard InChI is InChI=1S/C16H15ClN2O2S2/c1-9-10(2)23-14-13(9)15(21)19(16(18-14)22-8-7-20)12-5-3-11(17)4-6-12/h3-6,20H,7-8H2,1-2H3. The minimum Gasteiger partial charge on any atom is -0.396 e. The summed E-state index contributed by atoms with van der Waals surface area (Å²) in [6.45, 7) is 3.97. The number of thiophene rings is 1. The molecule has 0 atom stereocenters. The number of thioether (sulfide) groups is 1. The first kappa shape index (κ1) is 16.5. The highest BCUT2D eigenvalue weighted by molar-refractivity contribution is 7.99. The maximum absolute atomic E-state index is 13.1. The monoisotopic (exact) mass is 366 g/mol. The van der Waals surface area contributed by atoms with Crippen molar-refractivity contribution < 1.29 is 5.11 Å². The summed E-state index contributed by atoms with van der Waals surface area (Å²) in [4.78, 5) is 19.5. The Morgan fingerprint density at radius 2 is 2.00 bits per heavy atom. The second-order valence-corrected chi connectivity index (χ2v) is 7.75. The van der Waals surface area contributed by atoms with E-state index in [0.717, 1.165) is 21.0 Å². The first-order valence-electron chi connectivity index (χ1n) is 7.05. The fourth-order valence-electron chi connectivity index (χ4n) is 2.33. The topological polar surface area (TPSA) is 55.1 Å². The van der Waals surface area contributed by atoms with Crippen LogP contribution in [0, 0.1) is 13.8 Å². The minimum atomic E-state index is -0.0837. The van der Waals surface area contributed by atoms with Gasteiger partial charge in [-0.3, -0.25) is 9.36 Å². The third-order valence-corrected chi connectivity index (χ3v) is 5.85. The molecule has 23 heavy (non-hydrogen) atoms. The molecule has 0 aliphatic heterocycles. The van der Waals surface area contributed by atoms with Crippen molar-refractivity contribution in [2.45, 2.75) is 19.0 Å². The molecule has 2 heterocycles. The molecule has 0 aliphatic carbocycles. The van der Waals surface area contributed by atoms with E-state index in [4.69, 9.17) is 16.7 Å². The molecule has 0 amide bonds. The molecule has 0 saturated heterocycles. The van der Waals surface area contributed by atoms with Crippen LogP contribution in [0.3, 0.4) is 0 Å². The molecule has 2 aromatic heterocycles. The Labute approximate surface area is 146 Å². The van der Waals surface area contributed by atoms with Crippen molar-refractivity contribution >= 4 is 44.9 Å². The molecule has 0 saturated carbocycles. The van der Waals surface area contributed by atoms with Crippen molar-refractivity contribution in [3.05, 3.63) is 50.1 Å². The molecule has 1 aromatic carbocycles. The summed E-state index contributed by atoms with van der Waals surface area (Å²) in [6, 6.07) is 7.10. The van der Waals surface area contributed by atoms with E-state index in [1.807, 2.05) is 13.8 Å². The molecular weight excluding hydrogens is 352 g/mol. The van der Waals surface area contributed by atoms with Crippen LogP contribution in [-0.4, -0.2) is 27.0 Å². The van der Waals surface area contributed by atoms with Crippen molar-refractivity contribution in [1.29, 1.82) is 0 Å². The summed E-state index contributed by atoms with van der Waals surface area (Å²) in [5.41, 5.74) is 1.61. The highest BCUT2D eigenvalue weighted by Crippen LogP contribution is 2.29. The van der Waals surface area contributed by atoms with Crippen LogP contribution in [0.4, 0.5) is 0 Å². The third-order valence-electron chi connectivity index (χ3n) is 3.58. The molecule has 3 rings (SSSR count). The average Bonchev–Trinajstić information content (AvgIpc) is 2.81. The summed E-state index contributed by atoms with van der Waals surface area (Å²) in [5.74, 6) is 0.481. The van der Waals surface area contributed by atoms with E-state index in [-0.39, 0.29) is 12.2 Å². The van der Waals surface area contributed by atoms with Crippen LogP contribution in [-0.2, 0) is 0 Å². The Kier molecular flexibility index (Phi) is 4.77. The van der Waals surface area contributed by atoms with Gasteiger partial charge in [-0.15, -0.1) is 11.3 Å². The van der Waals surface area contributed by atoms with Crippen LogP contribution in [0.1, 0.15) is 10.4 Å². The van der Waals surface area contributed by atoms with Gasteiger partial charge in [0.25, 0.3) is 5.56 Å². The fraction of sp³-hybridized carbons (Fsp3) is 0.250. The minimum absolute atomic E-state index is 0.0295. The molecular formula is C16H15ClN2O2S2. The number of aromatic nitrogens is 2. The maximum Gasteiger partial charge on any atom is 0.267 e. The molecule has 0 radical (unpaired) electrons. The van der Waals surface area contributed by atoms with E-state index < -0.39 is 0 Å². The Morgan fingerprint density at radius 1 is 1.30 bits per heavy atom. The lowest BCUT2D eigenvalue weighted by Crippen LogP contribution is -2.21. The second kappa shape index (κ2) is 6.65. The van der Waals surface area contributed by atoms with Crippen molar-refractivity contribution in [1.82, 2.24) is 9.55 Å². The molecule has 0 bridgehead atoms. The number of hydrogen-bond donors (Lipinski definition) is 1. The van der Waals surface area contributed by atoms with Gasteiger partial charge in [-0.2, -0.15) is 0 Å². The number of nitrogens with zero attached hydrogens (tertiary/aromatic N) is 2. The summed E-state index contributed by atoms with van der Waals surface area (Å²) < 4.78 is 1.60. The average molecular weight is 367 g/mol. The first-order valence-corrected chi connectivity index (χ1v) is 9.23. The molecule has 120 valence electrons. The van der Waals surface area contributed by atoms with Crippen LogP contribution >= 0.6 is 34.7 Å². The molecule has 7 heteroatoms. The highest BCUT2D eigenvalue weighted by Gasteiger charge is 2.17. The zero-order valence-electron chi connectivity index (χ0n) is 12.7. The molecule has 1 N–H and O–H groups in total. The van der Waals surface area contributed by atoms with Gasteiger partial charge in [0.15, 0.2) is 5.16 Å². The summed E-state index contributed by atoms with van der Waals surface area (Å²) in [7, 11) is 0. The number of halogens is 1. The van der Waals surface area contributed by atoms with E-state index in [2.05, 4.69) is 4.98 Å². The van der Waals surface area contributed by atoms with Gasteiger partial charge in [0.1, 0.15) is 4.83 Å². The largest absolute Gasteiger partial charge is 0.396 e. The Bertz CT molecular complexity index is 916. The zero-order chi connectivity index (χ0) is 16.6. The van der Waals surface area contributed by atoms with Crippen LogP contribution in [0.25, 0.3) is 15.9 Å². The Balaban J connectivity index is 2.31. The summed E-state index contributed by atoms with van der Waals surface area (Å²) in [5, 5.41) is 11.0. The first-order chi connectivity index (χ1) is 11.0. The van der Waals surface area contributed by atoms with Gasteiger partial charge in [-0.05, 0) is 43.7 Å². The number of aliphatic hydroxyl groups is 1. The molecule has 0 spiro atoms. The predicted molar refractivity (Wildman–Crippen MR) is 97.5 cm³/mol. The predicted octanol–water partition coefficient (Wildman–Crippen LogP) is 3.80. The number of aliphatic hydroxyl groups excluding tert-OH is 1. The molecule has 0 fully saturated rings. The number of fused-ring (bicyclic) bond motifs is 1. The van der Waals surface area contributed by atoms with Crippen LogP contribution in [0.2, 0.25) is 5.02 Å². The zero-order valence-corrected chi connectivity index (χ0v) is 15.1. The van der Waals surface area contributed by atoms with Gasteiger partial charge >= 0.3 is 0 Å². The Hall–Kier alpha value is -1.34. The van der Waals surface area contributed by atoms with E-state index in [0.29, 0.717) is 21.3 Å². The number of rotatable bonds is 4. The Morgan fingerprint density at radius 3 is 2.65 bits per heavy atom.